The summed E-state index contributed by atoms with van der Waals surface area (Å²) in [5.74, 6) is -0.799. The molecule has 3 aromatic carbocycles. The molecule has 4 rings (SSSR count). The van der Waals surface area contributed by atoms with Crippen LogP contribution in [0, 0.1) is 19.7 Å². The van der Waals surface area contributed by atoms with Crippen molar-refractivity contribution in [1.82, 2.24) is 0 Å². The Hall–Kier alpha value is -3.58. The molecule has 3 aromatic rings. The molecule has 0 radical (unpaired) electrons. The fraction of sp³-hybridized carbons (Fsp3) is 0.0833. The Balaban J connectivity index is 1.80. The third-order valence-corrected chi connectivity index (χ3v) is 6.39. The maximum Gasteiger partial charge on any atom is 0.282 e. The summed E-state index contributed by atoms with van der Waals surface area (Å²) in [6, 6.07) is 16.8. The molecule has 0 aliphatic heterocycles. The van der Waals surface area contributed by atoms with Crippen LogP contribution in [0.25, 0.3) is 0 Å². The van der Waals surface area contributed by atoms with Crippen molar-refractivity contribution in [2.45, 2.75) is 18.7 Å². The SMILES string of the molecule is Cc1ccc(NC2=CC(=NS(=O)(=O)c3ccc(F)cc3)c3ccccc3C2=O)cc1C. The molecule has 0 bridgehead atoms. The van der Waals surface area contributed by atoms with E-state index in [0.717, 1.165) is 35.4 Å². The number of carbonyl (C=O) groups is 1. The molecule has 1 N–H and O–H groups in total. The minimum Gasteiger partial charge on any atom is -0.352 e. The van der Waals surface area contributed by atoms with Gasteiger partial charge in [-0.3, -0.25) is 4.79 Å². The molecule has 0 heterocycles. The van der Waals surface area contributed by atoms with E-state index in [1.54, 1.807) is 24.3 Å². The standard InChI is InChI=1S/C24H19FN2O3S/c1-15-7-10-18(13-16(15)2)26-23-14-22(20-5-3-4-6-21(20)24(23)28)27-31(29,30)19-11-8-17(25)9-12-19/h3-14,26H,1-2H3. The van der Waals surface area contributed by atoms with E-state index in [4.69, 9.17) is 0 Å². The molecule has 0 spiro atoms. The predicted molar refractivity (Wildman–Crippen MR) is 119 cm³/mol. The average Bonchev–Trinajstić information content (AvgIpc) is 2.74. The van der Waals surface area contributed by atoms with Crippen LogP contribution in [0.4, 0.5) is 10.1 Å². The first-order valence-electron chi connectivity index (χ1n) is 9.55. The van der Waals surface area contributed by atoms with Crippen LogP contribution in [-0.2, 0) is 10.0 Å². The molecule has 0 aromatic heterocycles. The van der Waals surface area contributed by atoms with Gasteiger partial charge in [-0.25, -0.2) is 4.39 Å². The van der Waals surface area contributed by atoms with Crippen molar-refractivity contribution in [3.8, 4) is 0 Å². The van der Waals surface area contributed by atoms with E-state index < -0.39 is 15.8 Å². The minimum absolute atomic E-state index is 0.130. The van der Waals surface area contributed by atoms with Gasteiger partial charge in [0.15, 0.2) is 0 Å². The molecule has 0 unspecified atom stereocenters. The van der Waals surface area contributed by atoms with Crippen LogP contribution in [0.5, 0.6) is 0 Å². The summed E-state index contributed by atoms with van der Waals surface area (Å²) in [5, 5.41) is 3.09. The third-order valence-electron chi connectivity index (χ3n) is 5.09. The van der Waals surface area contributed by atoms with Crippen LogP contribution in [0.1, 0.15) is 27.0 Å². The maximum absolute atomic E-state index is 13.2. The van der Waals surface area contributed by atoms with Gasteiger partial charge >= 0.3 is 0 Å². The van der Waals surface area contributed by atoms with Gasteiger partial charge < -0.3 is 5.32 Å². The smallest absolute Gasteiger partial charge is 0.282 e. The number of hydrogen-bond acceptors (Lipinski definition) is 4. The number of halogens is 1. The number of benzene rings is 3. The number of nitrogens with one attached hydrogen (secondary N) is 1. The number of carbonyl (C=O) groups excluding carboxylic acids is 1. The van der Waals surface area contributed by atoms with Crippen molar-refractivity contribution in [3.63, 3.8) is 0 Å². The maximum atomic E-state index is 13.2. The fourth-order valence-electron chi connectivity index (χ4n) is 3.26. The van der Waals surface area contributed by atoms with Gasteiger partial charge in [-0.2, -0.15) is 12.8 Å². The highest BCUT2D eigenvalue weighted by atomic mass is 32.2. The highest BCUT2D eigenvalue weighted by Gasteiger charge is 2.26. The number of anilines is 1. The molecule has 0 fully saturated rings. The van der Waals surface area contributed by atoms with Gasteiger partial charge in [0.2, 0.25) is 5.78 Å². The van der Waals surface area contributed by atoms with Crippen LogP contribution in [-0.4, -0.2) is 19.9 Å². The zero-order valence-corrected chi connectivity index (χ0v) is 17.7. The molecule has 156 valence electrons. The molecule has 0 saturated carbocycles. The number of allylic oxidation sites excluding steroid dienone is 2. The molecule has 31 heavy (non-hydrogen) atoms. The quantitative estimate of drug-likeness (QED) is 0.639. The third kappa shape index (κ3) is 4.18. The number of rotatable bonds is 4. The van der Waals surface area contributed by atoms with E-state index in [9.17, 15) is 17.6 Å². The van der Waals surface area contributed by atoms with Crippen molar-refractivity contribution in [2.75, 3.05) is 5.32 Å². The molecular weight excluding hydrogens is 415 g/mol. The number of fused-ring (bicyclic) bond motifs is 1. The Bertz CT molecular complexity index is 1360. The largest absolute Gasteiger partial charge is 0.352 e. The van der Waals surface area contributed by atoms with E-state index in [0.29, 0.717) is 16.8 Å². The van der Waals surface area contributed by atoms with Crippen LogP contribution < -0.4 is 5.32 Å². The lowest BCUT2D eigenvalue weighted by molar-refractivity contribution is 0.103. The molecule has 0 amide bonds. The Labute approximate surface area is 180 Å². The van der Waals surface area contributed by atoms with E-state index in [1.807, 2.05) is 32.0 Å². The fourth-order valence-corrected chi connectivity index (χ4v) is 4.26. The van der Waals surface area contributed by atoms with Crippen molar-refractivity contribution >= 4 is 27.2 Å². The molecule has 5 nitrogen and oxygen atoms in total. The predicted octanol–water partition coefficient (Wildman–Crippen LogP) is 4.81. The van der Waals surface area contributed by atoms with Gasteiger partial charge in [0, 0.05) is 16.8 Å². The van der Waals surface area contributed by atoms with Crippen molar-refractivity contribution in [3.05, 3.63) is 107 Å². The number of sulfonamides is 1. The average molecular weight is 434 g/mol. The first kappa shape index (κ1) is 20.7. The number of hydrogen-bond donors (Lipinski definition) is 1. The van der Waals surface area contributed by atoms with E-state index >= 15 is 0 Å². The summed E-state index contributed by atoms with van der Waals surface area (Å²) in [6.45, 7) is 3.96. The molecule has 0 saturated heterocycles. The summed E-state index contributed by atoms with van der Waals surface area (Å²) < 4.78 is 42.8. The molecule has 7 heteroatoms. The Morgan fingerprint density at radius 3 is 2.23 bits per heavy atom. The number of Topliss-reactive ketones (excluding diaryl/α,β-unsaturated/α-hetero) is 1. The molecule has 0 atom stereocenters. The van der Waals surface area contributed by atoms with Crippen molar-refractivity contribution < 1.29 is 17.6 Å². The van der Waals surface area contributed by atoms with Gasteiger partial charge in [-0.05, 0) is 67.4 Å². The zero-order valence-electron chi connectivity index (χ0n) is 16.9. The molecular formula is C24H19FN2O3S. The lowest BCUT2D eigenvalue weighted by Gasteiger charge is -2.19. The molecule has 1 aliphatic carbocycles. The summed E-state index contributed by atoms with van der Waals surface area (Å²) >= 11 is 0. The van der Waals surface area contributed by atoms with Crippen LogP contribution >= 0.6 is 0 Å². The second kappa shape index (κ2) is 7.92. The van der Waals surface area contributed by atoms with Gasteiger partial charge in [0.1, 0.15) is 5.82 Å². The van der Waals surface area contributed by atoms with Crippen molar-refractivity contribution in [2.24, 2.45) is 4.40 Å². The number of aryl methyl sites for hydroxylation is 2. The summed E-state index contributed by atoms with van der Waals surface area (Å²) in [6.07, 6.45) is 1.43. The number of ketones is 1. The normalized spacial score (nSPS) is 14.9. The van der Waals surface area contributed by atoms with Crippen LogP contribution in [0.15, 0.2) is 87.8 Å². The summed E-state index contributed by atoms with van der Waals surface area (Å²) in [4.78, 5) is 12.9. The Kier molecular flexibility index (Phi) is 5.29. The topological polar surface area (TPSA) is 75.6 Å². The highest BCUT2D eigenvalue weighted by molar-refractivity contribution is 7.90. The minimum atomic E-state index is -4.11. The second-order valence-corrected chi connectivity index (χ2v) is 8.87. The summed E-state index contributed by atoms with van der Waals surface area (Å²) in [5.41, 5.74) is 4.01. The summed E-state index contributed by atoms with van der Waals surface area (Å²) in [7, 11) is -4.11. The van der Waals surface area contributed by atoms with E-state index in [-0.39, 0.29) is 22.1 Å². The monoisotopic (exact) mass is 434 g/mol. The van der Waals surface area contributed by atoms with Gasteiger partial charge in [-0.15, -0.1) is 0 Å². The van der Waals surface area contributed by atoms with Crippen molar-refractivity contribution in [1.29, 1.82) is 0 Å². The second-order valence-electron chi connectivity index (χ2n) is 7.26. The Morgan fingerprint density at radius 2 is 1.55 bits per heavy atom. The number of nitrogens with zero attached hydrogens (tertiary/aromatic N) is 1. The van der Waals surface area contributed by atoms with Gasteiger partial charge in [0.25, 0.3) is 10.0 Å². The first-order chi connectivity index (χ1) is 14.7. The highest BCUT2D eigenvalue weighted by Crippen LogP contribution is 2.26. The van der Waals surface area contributed by atoms with E-state index in [1.165, 1.54) is 6.08 Å². The molecule has 1 aliphatic rings. The zero-order chi connectivity index (χ0) is 22.2. The lowest BCUT2D eigenvalue weighted by atomic mass is 9.92. The lowest BCUT2D eigenvalue weighted by Crippen LogP contribution is -2.22. The van der Waals surface area contributed by atoms with Gasteiger partial charge in [-0.1, -0.05) is 30.3 Å². The van der Waals surface area contributed by atoms with Gasteiger partial charge in [0.05, 0.1) is 16.3 Å². The van der Waals surface area contributed by atoms with Crippen LogP contribution in [0.3, 0.4) is 0 Å². The first-order valence-corrected chi connectivity index (χ1v) is 11.0. The van der Waals surface area contributed by atoms with Crippen LogP contribution in [0.2, 0.25) is 0 Å². The van der Waals surface area contributed by atoms with E-state index in [2.05, 4.69) is 9.71 Å². The Morgan fingerprint density at radius 1 is 0.871 bits per heavy atom.